The lowest BCUT2D eigenvalue weighted by atomic mass is 9.68. The molecule has 0 bridgehead atoms. The van der Waals surface area contributed by atoms with Crippen LogP contribution in [0.3, 0.4) is 0 Å². The van der Waals surface area contributed by atoms with Crippen LogP contribution in [0.25, 0.3) is 0 Å². The average molecular weight is 244 g/mol. The van der Waals surface area contributed by atoms with Crippen molar-refractivity contribution in [1.29, 1.82) is 0 Å². The van der Waals surface area contributed by atoms with Gasteiger partial charge in [0.15, 0.2) is 0 Å². The predicted molar refractivity (Wildman–Crippen MR) is 77.9 cm³/mol. The van der Waals surface area contributed by atoms with Crippen molar-refractivity contribution in [2.24, 2.45) is 17.8 Å². The molecule has 0 amide bonds. The zero-order valence-electron chi connectivity index (χ0n) is 11.8. The Bertz CT molecular complexity index is 260. The highest BCUT2D eigenvalue weighted by molar-refractivity contribution is 5.12. The molecule has 18 heavy (non-hydrogen) atoms. The molecule has 0 heteroatoms. The van der Waals surface area contributed by atoms with Gasteiger partial charge in [-0.3, -0.25) is 0 Å². The van der Waals surface area contributed by atoms with Crippen LogP contribution in [-0.2, 0) is 0 Å². The van der Waals surface area contributed by atoms with Gasteiger partial charge >= 0.3 is 0 Å². The standard InChI is InChI=1S/C18H28/c1-2-14-5-9-17(10-6-14)18-11-7-16(8-12-18)13-15-3-4-15/h2,15-17H,1,3-13H2. The summed E-state index contributed by atoms with van der Waals surface area (Å²) in [5.41, 5.74) is 0. The second-order valence-corrected chi connectivity index (χ2v) is 6.92. The molecule has 3 aliphatic carbocycles. The minimum Gasteiger partial charge on any atom is -0.102 e. The van der Waals surface area contributed by atoms with E-state index in [4.69, 9.17) is 0 Å². The van der Waals surface area contributed by atoms with Gasteiger partial charge in [0.2, 0.25) is 0 Å². The van der Waals surface area contributed by atoms with Gasteiger partial charge in [0.1, 0.15) is 0 Å². The monoisotopic (exact) mass is 244 g/mol. The third-order valence-electron chi connectivity index (χ3n) is 5.60. The molecule has 3 saturated carbocycles. The van der Waals surface area contributed by atoms with Gasteiger partial charge < -0.3 is 0 Å². The molecule has 0 aromatic rings. The Kier molecular flexibility index (Phi) is 4.11. The van der Waals surface area contributed by atoms with Crippen molar-refractivity contribution in [2.75, 3.05) is 0 Å². The van der Waals surface area contributed by atoms with Crippen LogP contribution in [0.2, 0.25) is 0 Å². The first-order valence-electron chi connectivity index (χ1n) is 8.17. The average Bonchev–Trinajstić information content (AvgIpc) is 3.24. The summed E-state index contributed by atoms with van der Waals surface area (Å²) in [6.45, 7) is 3.92. The summed E-state index contributed by atoms with van der Waals surface area (Å²) in [7, 11) is 0. The molecular weight excluding hydrogens is 216 g/mol. The molecule has 0 saturated heterocycles. The van der Waals surface area contributed by atoms with Gasteiger partial charge in [0, 0.05) is 0 Å². The molecule has 0 spiro atoms. The predicted octanol–water partition coefficient (Wildman–Crippen LogP) is 5.50. The van der Waals surface area contributed by atoms with E-state index < -0.39 is 0 Å². The maximum absolute atomic E-state index is 3.92. The van der Waals surface area contributed by atoms with Crippen LogP contribution in [0.4, 0.5) is 0 Å². The lowest BCUT2D eigenvalue weighted by Crippen LogP contribution is -2.23. The largest absolute Gasteiger partial charge is 0.102 e. The van der Waals surface area contributed by atoms with Crippen LogP contribution in [0.1, 0.15) is 70.6 Å². The van der Waals surface area contributed by atoms with E-state index in [1.165, 1.54) is 64.2 Å². The second-order valence-electron chi connectivity index (χ2n) is 6.92. The van der Waals surface area contributed by atoms with Crippen molar-refractivity contribution >= 4 is 0 Å². The fourth-order valence-electron chi connectivity index (χ4n) is 4.12. The van der Waals surface area contributed by atoms with Crippen molar-refractivity contribution in [1.82, 2.24) is 0 Å². The Morgan fingerprint density at radius 3 is 2.00 bits per heavy atom. The Labute approximate surface area is 113 Å². The van der Waals surface area contributed by atoms with E-state index in [0.717, 1.165) is 17.8 Å². The minimum absolute atomic E-state index is 0.968. The normalized spacial score (nSPS) is 29.6. The zero-order valence-corrected chi connectivity index (χ0v) is 11.8. The van der Waals surface area contributed by atoms with Gasteiger partial charge in [0.05, 0.1) is 0 Å². The summed E-state index contributed by atoms with van der Waals surface area (Å²) in [6.07, 6.45) is 18.2. The van der Waals surface area contributed by atoms with Gasteiger partial charge in [0.25, 0.3) is 0 Å². The van der Waals surface area contributed by atoms with Crippen LogP contribution < -0.4 is 0 Å². The molecule has 3 fully saturated rings. The fourth-order valence-corrected chi connectivity index (χ4v) is 4.12. The van der Waals surface area contributed by atoms with Gasteiger partial charge in [-0.25, -0.2) is 0 Å². The van der Waals surface area contributed by atoms with E-state index >= 15 is 0 Å². The Hall–Kier alpha value is -0.260. The third-order valence-corrected chi connectivity index (χ3v) is 5.60. The molecule has 0 aliphatic heterocycles. The van der Waals surface area contributed by atoms with Crippen LogP contribution >= 0.6 is 0 Å². The molecule has 0 atom stereocenters. The second kappa shape index (κ2) is 5.80. The maximum atomic E-state index is 3.92. The Morgan fingerprint density at radius 2 is 1.44 bits per heavy atom. The van der Waals surface area contributed by atoms with Crippen molar-refractivity contribution in [3.63, 3.8) is 0 Å². The summed E-state index contributed by atoms with van der Waals surface area (Å²) in [6, 6.07) is 0. The summed E-state index contributed by atoms with van der Waals surface area (Å²) in [5.74, 6) is 6.73. The summed E-state index contributed by atoms with van der Waals surface area (Å²) in [5, 5.41) is 0. The molecule has 0 aromatic heterocycles. The number of allylic oxidation sites excluding steroid dienone is 1. The third kappa shape index (κ3) is 3.19. The zero-order chi connectivity index (χ0) is 12.4. The number of rotatable bonds is 4. The molecule has 0 unspecified atom stereocenters. The quantitative estimate of drug-likeness (QED) is 0.612. The highest BCUT2D eigenvalue weighted by atomic mass is 14.4. The van der Waals surface area contributed by atoms with Crippen molar-refractivity contribution in [2.45, 2.75) is 70.6 Å². The number of hydrogen-bond acceptors (Lipinski definition) is 0. The van der Waals surface area contributed by atoms with Crippen LogP contribution in [0, 0.1) is 29.6 Å². The Morgan fingerprint density at radius 1 is 0.833 bits per heavy atom. The van der Waals surface area contributed by atoms with E-state index in [1.807, 2.05) is 5.92 Å². The van der Waals surface area contributed by atoms with Crippen LogP contribution in [-0.4, -0.2) is 0 Å². The highest BCUT2D eigenvalue weighted by Crippen LogP contribution is 2.46. The van der Waals surface area contributed by atoms with Gasteiger partial charge in [-0.05, 0) is 87.4 Å². The molecule has 2 radical (unpaired) electrons. The van der Waals surface area contributed by atoms with Gasteiger partial charge in [-0.1, -0.05) is 18.9 Å². The first-order chi connectivity index (χ1) is 8.85. The number of hydrogen-bond donors (Lipinski definition) is 0. The topological polar surface area (TPSA) is 0 Å². The van der Waals surface area contributed by atoms with E-state index in [2.05, 4.69) is 12.7 Å². The minimum atomic E-state index is 0.968. The molecule has 0 heterocycles. The summed E-state index contributed by atoms with van der Waals surface area (Å²) >= 11 is 0. The first kappa shape index (κ1) is 12.8. The Balaban J connectivity index is 1.40. The van der Waals surface area contributed by atoms with Gasteiger partial charge in [-0.15, -0.1) is 6.58 Å². The molecule has 0 N–H and O–H groups in total. The molecule has 0 nitrogen and oxygen atoms in total. The lowest BCUT2D eigenvalue weighted by molar-refractivity contribution is 0.281. The molecule has 3 rings (SSSR count). The van der Waals surface area contributed by atoms with E-state index in [1.54, 1.807) is 12.3 Å². The summed E-state index contributed by atoms with van der Waals surface area (Å²) < 4.78 is 0. The van der Waals surface area contributed by atoms with Crippen LogP contribution in [0.15, 0.2) is 12.7 Å². The van der Waals surface area contributed by atoms with Crippen LogP contribution in [0.5, 0.6) is 0 Å². The molecular formula is C18H28. The molecule has 100 valence electrons. The van der Waals surface area contributed by atoms with E-state index in [-0.39, 0.29) is 0 Å². The van der Waals surface area contributed by atoms with Crippen molar-refractivity contribution in [3.8, 4) is 0 Å². The van der Waals surface area contributed by atoms with E-state index in [0.29, 0.717) is 0 Å². The molecule has 3 aliphatic rings. The first-order valence-corrected chi connectivity index (χ1v) is 8.17. The highest BCUT2D eigenvalue weighted by Gasteiger charge is 2.33. The lowest BCUT2D eigenvalue weighted by Gasteiger charge is -2.36. The molecule has 0 aromatic carbocycles. The van der Waals surface area contributed by atoms with E-state index in [9.17, 15) is 0 Å². The smallest absolute Gasteiger partial charge is 0.00299 e. The SMILES string of the molecule is C=C[C]1CCC([C]2CCC(CC3CC3)CC2)CC1. The van der Waals surface area contributed by atoms with Gasteiger partial charge in [-0.2, -0.15) is 0 Å². The summed E-state index contributed by atoms with van der Waals surface area (Å²) in [4.78, 5) is 0. The maximum Gasteiger partial charge on any atom is -0.00299 e. The fraction of sp³-hybridized carbons (Fsp3) is 0.778. The van der Waals surface area contributed by atoms with Crippen molar-refractivity contribution in [3.05, 3.63) is 24.5 Å². The van der Waals surface area contributed by atoms with Crippen molar-refractivity contribution < 1.29 is 0 Å².